The van der Waals surface area contributed by atoms with Crippen LogP contribution in [0.5, 0.6) is 5.75 Å². The second kappa shape index (κ2) is 8.82. The highest BCUT2D eigenvalue weighted by atomic mass is 32.2. The van der Waals surface area contributed by atoms with Gasteiger partial charge in [-0.2, -0.15) is 11.8 Å². The first kappa shape index (κ1) is 17.7. The maximum atomic E-state index is 6.32. The second-order valence-electron chi connectivity index (χ2n) is 5.03. The van der Waals surface area contributed by atoms with Crippen LogP contribution in [0.3, 0.4) is 0 Å². The van der Waals surface area contributed by atoms with E-state index in [-0.39, 0.29) is 11.5 Å². The van der Waals surface area contributed by atoms with Gasteiger partial charge in [0.15, 0.2) is 6.29 Å². The van der Waals surface area contributed by atoms with E-state index in [1.54, 1.807) is 26.0 Å². The molecule has 2 rings (SSSR count). The van der Waals surface area contributed by atoms with Gasteiger partial charge in [-0.15, -0.1) is 0 Å². The van der Waals surface area contributed by atoms with E-state index in [2.05, 4.69) is 0 Å². The minimum atomic E-state index is -0.364. The molecule has 0 aliphatic rings. The molecule has 0 saturated carbocycles. The number of methoxy groups -OCH3 is 2. The summed E-state index contributed by atoms with van der Waals surface area (Å²) < 4.78 is 16.7. The number of para-hydroxylation sites is 1. The lowest BCUT2D eigenvalue weighted by Gasteiger charge is -2.25. The first-order chi connectivity index (χ1) is 11.2. The molecule has 0 fully saturated rings. The highest BCUT2D eigenvalue weighted by Crippen LogP contribution is 2.39. The average Bonchev–Trinajstić information content (AvgIpc) is 2.60. The third-order valence-corrected chi connectivity index (χ3v) is 4.59. The van der Waals surface area contributed by atoms with Gasteiger partial charge in [-0.05, 0) is 23.4 Å². The van der Waals surface area contributed by atoms with Crippen LogP contribution < -0.4 is 10.5 Å². The van der Waals surface area contributed by atoms with Gasteiger partial charge in [-0.3, -0.25) is 0 Å². The van der Waals surface area contributed by atoms with Gasteiger partial charge in [-0.1, -0.05) is 42.5 Å². The molecule has 0 radical (unpaired) electrons. The molecule has 0 aliphatic heterocycles. The van der Waals surface area contributed by atoms with Crippen LogP contribution in [0.1, 0.15) is 16.4 Å². The third-order valence-electron chi connectivity index (χ3n) is 3.61. The van der Waals surface area contributed by atoms with E-state index in [0.717, 1.165) is 11.1 Å². The fourth-order valence-corrected chi connectivity index (χ4v) is 3.30. The number of ether oxygens (including phenoxy) is 3. The molecule has 0 aromatic heterocycles. The Hall–Kier alpha value is -1.69. The van der Waals surface area contributed by atoms with Crippen LogP contribution >= 0.6 is 11.8 Å². The monoisotopic (exact) mass is 333 g/mol. The summed E-state index contributed by atoms with van der Waals surface area (Å²) in [5.74, 6) is 0.677. The van der Waals surface area contributed by atoms with Crippen molar-refractivity contribution in [2.24, 2.45) is 0 Å². The summed E-state index contributed by atoms with van der Waals surface area (Å²) in [6.07, 6.45) is 1.64. The van der Waals surface area contributed by atoms with Crippen LogP contribution in [-0.4, -0.2) is 26.8 Å². The molecule has 23 heavy (non-hydrogen) atoms. The van der Waals surface area contributed by atoms with Crippen LogP contribution in [-0.2, 0) is 16.1 Å². The maximum Gasteiger partial charge on any atom is 0.172 e. The molecule has 2 N–H and O–H groups in total. The van der Waals surface area contributed by atoms with Crippen LogP contribution in [0, 0.1) is 0 Å². The molecule has 2 aromatic rings. The standard InChI is InChI=1S/C18H23NO3S/c1-20-18(21-2)17(23-3)14-10-7-11-15(16(14)19)22-12-13-8-5-4-6-9-13/h4-11,17-18H,12,19H2,1-3H3. The van der Waals surface area contributed by atoms with Gasteiger partial charge in [-0.25, -0.2) is 0 Å². The average molecular weight is 333 g/mol. The topological polar surface area (TPSA) is 53.7 Å². The first-order valence-corrected chi connectivity index (χ1v) is 8.63. The Bertz CT molecular complexity index is 602. The summed E-state index contributed by atoms with van der Waals surface area (Å²) in [7, 11) is 3.26. The summed E-state index contributed by atoms with van der Waals surface area (Å²) in [6.45, 7) is 0.483. The molecule has 0 bridgehead atoms. The van der Waals surface area contributed by atoms with Crippen molar-refractivity contribution in [3.05, 3.63) is 59.7 Å². The molecule has 0 saturated heterocycles. The number of anilines is 1. The van der Waals surface area contributed by atoms with Crippen molar-refractivity contribution >= 4 is 17.4 Å². The Balaban J connectivity index is 2.19. The zero-order valence-corrected chi connectivity index (χ0v) is 14.5. The van der Waals surface area contributed by atoms with Crippen molar-refractivity contribution < 1.29 is 14.2 Å². The van der Waals surface area contributed by atoms with Crippen molar-refractivity contribution in [3.63, 3.8) is 0 Å². The van der Waals surface area contributed by atoms with E-state index in [9.17, 15) is 0 Å². The van der Waals surface area contributed by atoms with Crippen molar-refractivity contribution in [1.29, 1.82) is 0 Å². The van der Waals surface area contributed by atoms with Crippen LogP contribution in [0.25, 0.3) is 0 Å². The molecule has 0 spiro atoms. The fourth-order valence-electron chi connectivity index (χ4n) is 2.40. The molecule has 5 heteroatoms. The molecule has 0 aliphatic carbocycles. The van der Waals surface area contributed by atoms with Crippen molar-refractivity contribution in [1.82, 2.24) is 0 Å². The maximum absolute atomic E-state index is 6.32. The lowest BCUT2D eigenvalue weighted by Crippen LogP contribution is -2.21. The molecule has 124 valence electrons. The van der Waals surface area contributed by atoms with Crippen LogP contribution in [0.4, 0.5) is 5.69 Å². The predicted molar refractivity (Wildman–Crippen MR) is 95.7 cm³/mol. The number of hydrogen-bond acceptors (Lipinski definition) is 5. The van der Waals surface area contributed by atoms with Crippen molar-refractivity contribution in [3.8, 4) is 5.75 Å². The number of benzene rings is 2. The highest BCUT2D eigenvalue weighted by Gasteiger charge is 2.25. The Morgan fingerprint density at radius 3 is 2.30 bits per heavy atom. The largest absolute Gasteiger partial charge is 0.487 e. The first-order valence-electron chi connectivity index (χ1n) is 7.34. The van der Waals surface area contributed by atoms with Crippen LogP contribution in [0.15, 0.2) is 48.5 Å². The lowest BCUT2D eigenvalue weighted by atomic mass is 10.1. The third kappa shape index (κ3) is 4.41. The molecule has 4 nitrogen and oxygen atoms in total. The van der Waals surface area contributed by atoms with Gasteiger partial charge in [0.05, 0.1) is 10.9 Å². The molecule has 1 atom stereocenters. The molecule has 0 amide bonds. The molecule has 0 heterocycles. The van der Waals surface area contributed by atoms with Gasteiger partial charge in [0.25, 0.3) is 0 Å². The van der Waals surface area contributed by atoms with E-state index in [1.807, 2.05) is 54.8 Å². The normalized spacial score (nSPS) is 12.3. The smallest absolute Gasteiger partial charge is 0.172 e. The number of rotatable bonds is 8. The predicted octanol–water partition coefficient (Wildman–Crippen LogP) is 3.87. The number of hydrogen-bond donors (Lipinski definition) is 1. The zero-order chi connectivity index (χ0) is 16.7. The minimum Gasteiger partial charge on any atom is -0.487 e. The SMILES string of the molecule is COC(OC)C(SC)c1cccc(OCc2ccccc2)c1N. The Morgan fingerprint density at radius 1 is 1.00 bits per heavy atom. The fraction of sp³-hybridized carbons (Fsp3) is 0.333. The lowest BCUT2D eigenvalue weighted by molar-refractivity contribution is -0.102. The summed E-state index contributed by atoms with van der Waals surface area (Å²) in [6, 6.07) is 15.8. The van der Waals surface area contributed by atoms with Gasteiger partial charge in [0.2, 0.25) is 0 Å². The molecule has 1 unspecified atom stereocenters. The Morgan fingerprint density at radius 2 is 1.70 bits per heavy atom. The second-order valence-corrected chi connectivity index (χ2v) is 6.01. The number of nitrogen functional groups attached to an aromatic ring is 1. The van der Waals surface area contributed by atoms with Crippen LogP contribution in [0.2, 0.25) is 0 Å². The van der Waals surface area contributed by atoms with Gasteiger partial charge in [0.1, 0.15) is 12.4 Å². The minimum absolute atomic E-state index is 0.0229. The van der Waals surface area contributed by atoms with Gasteiger partial charge >= 0.3 is 0 Å². The number of nitrogens with two attached hydrogens (primary N) is 1. The Labute approximate surface area is 141 Å². The summed E-state index contributed by atoms with van der Waals surface area (Å²) in [4.78, 5) is 0. The molecule has 2 aromatic carbocycles. The van der Waals surface area contributed by atoms with Gasteiger partial charge < -0.3 is 19.9 Å². The van der Waals surface area contributed by atoms with E-state index in [4.69, 9.17) is 19.9 Å². The highest BCUT2D eigenvalue weighted by molar-refractivity contribution is 7.98. The zero-order valence-electron chi connectivity index (χ0n) is 13.7. The van der Waals surface area contributed by atoms with E-state index in [1.165, 1.54) is 0 Å². The summed E-state index contributed by atoms with van der Waals surface area (Å²) in [5.41, 5.74) is 9.01. The number of thioether (sulfide) groups is 1. The van der Waals surface area contributed by atoms with Crippen molar-refractivity contribution in [2.75, 3.05) is 26.2 Å². The molecular weight excluding hydrogens is 310 g/mol. The molecular formula is C18H23NO3S. The van der Waals surface area contributed by atoms with Crippen molar-refractivity contribution in [2.45, 2.75) is 18.1 Å². The quantitative estimate of drug-likeness (QED) is 0.587. The van der Waals surface area contributed by atoms with Gasteiger partial charge in [0, 0.05) is 14.2 Å². The van der Waals surface area contributed by atoms with E-state index < -0.39 is 0 Å². The summed E-state index contributed by atoms with van der Waals surface area (Å²) >= 11 is 1.63. The van der Waals surface area contributed by atoms with E-state index >= 15 is 0 Å². The summed E-state index contributed by atoms with van der Waals surface area (Å²) in [5, 5.41) is -0.0229. The van der Waals surface area contributed by atoms with E-state index in [0.29, 0.717) is 18.0 Å². The Kier molecular flexibility index (Phi) is 6.77.